The molecule has 5 heteroatoms. The minimum Gasteiger partial charge on any atom is -0.464 e. The fourth-order valence-electron chi connectivity index (χ4n) is 2.12. The third-order valence-corrected chi connectivity index (χ3v) is 3.17. The summed E-state index contributed by atoms with van der Waals surface area (Å²) in [5, 5.41) is 11.3. The maximum absolute atomic E-state index is 6.04. The Bertz CT molecular complexity index is 713. The highest BCUT2D eigenvalue weighted by atomic mass is 16.3. The summed E-state index contributed by atoms with van der Waals surface area (Å²) in [6, 6.07) is 7.84. The van der Waals surface area contributed by atoms with Crippen molar-refractivity contribution < 1.29 is 4.42 Å². The highest BCUT2D eigenvalue weighted by Crippen LogP contribution is 2.28. The molecule has 1 atom stereocenters. The SMILES string of the molecule is Cc1ccc(C(C)Nc2cc3[nH]ncc3cc2N)o1. The van der Waals surface area contributed by atoms with Crippen molar-refractivity contribution in [1.29, 1.82) is 0 Å². The Morgan fingerprint density at radius 1 is 1.37 bits per heavy atom. The van der Waals surface area contributed by atoms with Gasteiger partial charge in [0.05, 0.1) is 29.1 Å². The van der Waals surface area contributed by atoms with E-state index >= 15 is 0 Å². The van der Waals surface area contributed by atoms with E-state index in [1.807, 2.05) is 38.1 Å². The molecule has 19 heavy (non-hydrogen) atoms. The molecule has 3 rings (SSSR count). The molecule has 0 spiro atoms. The minimum atomic E-state index is 0.0522. The number of benzene rings is 1. The number of aromatic amines is 1. The van der Waals surface area contributed by atoms with Crippen LogP contribution in [0.4, 0.5) is 11.4 Å². The molecule has 0 radical (unpaired) electrons. The van der Waals surface area contributed by atoms with E-state index in [9.17, 15) is 0 Å². The van der Waals surface area contributed by atoms with Crippen molar-refractivity contribution in [2.24, 2.45) is 0 Å². The zero-order chi connectivity index (χ0) is 13.4. The zero-order valence-corrected chi connectivity index (χ0v) is 10.9. The highest BCUT2D eigenvalue weighted by Gasteiger charge is 2.11. The van der Waals surface area contributed by atoms with E-state index < -0.39 is 0 Å². The van der Waals surface area contributed by atoms with Crippen LogP contribution in [-0.4, -0.2) is 10.2 Å². The average molecular weight is 256 g/mol. The maximum atomic E-state index is 6.04. The Morgan fingerprint density at radius 2 is 2.21 bits per heavy atom. The van der Waals surface area contributed by atoms with Crippen LogP contribution in [0.3, 0.4) is 0 Å². The van der Waals surface area contributed by atoms with Crippen molar-refractivity contribution in [1.82, 2.24) is 10.2 Å². The van der Waals surface area contributed by atoms with Gasteiger partial charge in [-0.1, -0.05) is 0 Å². The molecule has 3 aromatic rings. The summed E-state index contributed by atoms with van der Waals surface area (Å²) in [7, 11) is 0. The number of nitrogens with zero attached hydrogens (tertiary/aromatic N) is 1. The first-order valence-corrected chi connectivity index (χ1v) is 6.19. The lowest BCUT2D eigenvalue weighted by molar-refractivity contribution is 0.467. The van der Waals surface area contributed by atoms with E-state index in [1.54, 1.807) is 6.20 Å². The molecule has 0 bridgehead atoms. The Kier molecular flexibility index (Phi) is 2.67. The monoisotopic (exact) mass is 256 g/mol. The number of anilines is 2. The van der Waals surface area contributed by atoms with Crippen molar-refractivity contribution >= 4 is 22.3 Å². The standard InChI is InChI=1S/C14H16N4O/c1-8-3-4-14(19-8)9(2)17-13-6-12-10(5-11(13)15)7-16-18-12/h3-7,9,17H,15H2,1-2H3,(H,16,18). The van der Waals surface area contributed by atoms with E-state index in [-0.39, 0.29) is 6.04 Å². The van der Waals surface area contributed by atoms with E-state index in [0.717, 1.165) is 28.1 Å². The molecule has 1 unspecified atom stereocenters. The third-order valence-electron chi connectivity index (χ3n) is 3.17. The van der Waals surface area contributed by atoms with Gasteiger partial charge < -0.3 is 15.5 Å². The van der Waals surface area contributed by atoms with Gasteiger partial charge in [0, 0.05) is 5.39 Å². The molecule has 0 aliphatic carbocycles. The van der Waals surface area contributed by atoms with E-state index in [1.165, 1.54) is 0 Å². The highest BCUT2D eigenvalue weighted by molar-refractivity contribution is 5.88. The minimum absolute atomic E-state index is 0.0522. The Labute approximate surface area is 110 Å². The van der Waals surface area contributed by atoms with Crippen LogP contribution in [0.15, 0.2) is 34.9 Å². The van der Waals surface area contributed by atoms with Crippen molar-refractivity contribution in [3.05, 3.63) is 42.0 Å². The number of hydrogen-bond acceptors (Lipinski definition) is 4. The molecule has 4 N–H and O–H groups in total. The predicted molar refractivity (Wildman–Crippen MR) is 76.0 cm³/mol. The number of nitrogen functional groups attached to an aromatic ring is 1. The molecular weight excluding hydrogens is 240 g/mol. The van der Waals surface area contributed by atoms with Crippen LogP contribution in [0.1, 0.15) is 24.5 Å². The summed E-state index contributed by atoms with van der Waals surface area (Å²) < 4.78 is 5.61. The van der Waals surface area contributed by atoms with Crippen LogP contribution in [0, 0.1) is 6.92 Å². The second kappa shape index (κ2) is 4.35. The number of fused-ring (bicyclic) bond motifs is 1. The fraction of sp³-hybridized carbons (Fsp3) is 0.214. The summed E-state index contributed by atoms with van der Waals surface area (Å²) in [4.78, 5) is 0. The van der Waals surface area contributed by atoms with Crippen molar-refractivity contribution in [2.75, 3.05) is 11.1 Å². The molecule has 0 saturated heterocycles. The summed E-state index contributed by atoms with van der Waals surface area (Å²) >= 11 is 0. The number of furan rings is 1. The second-order valence-electron chi connectivity index (χ2n) is 4.71. The van der Waals surface area contributed by atoms with Gasteiger partial charge in [0.2, 0.25) is 0 Å². The van der Waals surface area contributed by atoms with Gasteiger partial charge in [-0.25, -0.2) is 0 Å². The summed E-state index contributed by atoms with van der Waals surface area (Å²) in [5.41, 5.74) is 8.57. The molecule has 2 heterocycles. The smallest absolute Gasteiger partial charge is 0.126 e. The molecule has 98 valence electrons. The molecule has 0 amide bonds. The van der Waals surface area contributed by atoms with Gasteiger partial charge in [-0.3, -0.25) is 5.10 Å². The van der Waals surface area contributed by atoms with Crippen LogP contribution in [0.5, 0.6) is 0 Å². The summed E-state index contributed by atoms with van der Waals surface area (Å²) in [5.74, 6) is 1.79. The van der Waals surface area contributed by atoms with Crippen molar-refractivity contribution in [3.8, 4) is 0 Å². The molecule has 1 aromatic carbocycles. The first-order valence-electron chi connectivity index (χ1n) is 6.19. The predicted octanol–water partition coefficient (Wildman–Crippen LogP) is 3.22. The van der Waals surface area contributed by atoms with Crippen LogP contribution < -0.4 is 11.1 Å². The number of aryl methyl sites for hydroxylation is 1. The number of hydrogen-bond donors (Lipinski definition) is 3. The van der Waals surface area contributed by atoms with Gasteiger partial charge in [0.25, 0.3) is 0 Å². The maximum Gasteiger partial charge on any atom is 0.126 e. The molecule has 5 nitrogen and oxygen atoms in total. The van der Waals surface area contributed by atoms with Gasteiger partial charge in [-0.2, -0.15) is 5.10 Å². The number of H-pyrrole nitrogens is 1. The molecule has 0 saturated carbocycles. The number of nitrogens with two attached hydrogens (primary N) is 1. The van der Waals surface area contributed by atoms with E-state index in [0.29, 0.717) is 5.69 Å². The molecule has 0 fully saturated rings. The van der Waals surface area contributed by atoms with Gasteiger partial charge in [-0.05, 0) is 38.1 Å². The van der Waals surface area contributed by atoms with Crippen LogP contribution in [-0.2, 0) is 0 Å². The normalized spacial score (nSPS) is 12.7. The summed E-state index contributed by atoms with van der Waals surface area (Å²) in [6.07, 6.45) is 1.76. The van der Waals surface area contributed by atoms with Crippen LogP contribution in [0.2, 0.25) is 0 Å². The van der Waals surface area contributed by atoms with E-state index in [4.69, 9.17) is 10.2 Å². The van der Waals surface area contributed by atoms with Gasteiger partial charge in [0.15, 0.2) is 0 Å². The van der Waals surface area contributed by atoms with Crippen LogP contribution in [0.25, 0.3) is 10.9 Å². The Hall–Kier alpha value is -2.43. The van der Waals surface area contributed by atoms with Crippen molar-refractivity contribution in [2.45, 2.75) is 19.9 Å². The topological polar surface area (TPSA) is 79.9 Å². The number of rotatable bonds is 3. The lowest BCUT2D eigenvalue weighted by Crippen LogP contribution is -2.07. The van der Waals surface area contributed by atoms with Crippen LogP contribution >= 0.6 is 0 Å². The second-order valence-corrected chi connectivity index (χ2v) is 4.71. The lowest BCUT2D eigenvalue weighted by atomic mass is 10.1. The van der Waals surface area contributed by atoms with Gasteiger partial charge >= 0.3 is 0 Å². The molecule has 0 aliphatic rings. The molecule has 2 aromatic heterocycles. The fourth-order valence-corrected chi connectivity index (χ4v) is 2.12. The number of aromatic nitrogens is 2. The number of nitrogens with one attached hydrogen (secondary N) is 2. The molecular formula is C14H16N4O. The largest absolute Gasteiger partial charge is 0.464 e. The quantitative estimate of drug-likeness (QED) is 0.628. The molecule has 0 aliphatic heterocycles. The summed E-state index contributed by atoms with van der Waals surface area (Å²) in [6.45, 7) is 3.97. The third kappa shape index (κ3) is 2.14. The first kappa shape index (κ1) is 11.6. The van der Waals surface area contributed by atoms with Gasteiger partial charge in [0.1, 0.15) is 11.5 Å². The zero-order valence-electron chi connectivity index (χ0n) is 10.9. The van der Waals surface area contributed by atoms with Crippen molar-refractivity contribution in [3.63, 3.8) is 0 Å². The Balaban J connectivity index is 1.89. The Morgan fingerprint density at radius 3 is 2.95 bits per heavy atom. The average Bonchev–Trinajstić information content (AvgIpc) is 2.98. The van der Waals surface area contributed by atoms with E-state index in [2.05, 4.69) is 15.5 Å². The first-order chi connectivity index (χ1) is 9.13. The van der Waals surface area contributed by atoms with Gasteiger partial charge in [-0.15, -0.1) is 0 Å². The lowest BCUT2D eigenvalue weighted by Gasteiger charge is -2.15.